The van der Waals surface area contributed by atoms with E-state index in [4.69, 9.17) is 5.73 Å². The summed E-state index contributed by atoms with van der Waals surface area (Å²) in [5.41, 5.74) is 5.81. The van der Waals surface area contributed by atoms with Crippen molar-refractivity contribution >= 4 is 28.2 Å². The Morgan fingerprint density at radius 3 is 2.67 bits per heavy atom. The lowest BCUT2D eigenvalue weighted by Gasteiger charge is -2.16. The number of carbonyl (C=O) groups is 1. The van der Waals surface area contributed by atoms with E-state index in [2.05, 4.69) is 10.3 Å². The van der Waals surface area contributed by atoms with Crippen LogP contribution in [-0.4, -0.2) is 35.9 Å². The number of nitrogens with one attached hydrogen (secondary N) is 1. The predicted molar refractivity (Wildman–Crippen MR) is 72.8 cm³/mol. The van der Waals surface area contributed by atoms with E-state index < -0.39 is 0 Å². The Kier molecular flexibility index (Phi) is 2.89. The second kappa shape index (κ2) is 4.42. The van der Waals surface area contributed by atoms with Crippen molar-refractivity contribution in [3.63, 3.8) is 0 Å². The number of nitrogens with two attached hydrogens (primary N) is 1. The maximum atomic E-state index is 12.4. The minimum atomic E-state index is 0.0564. The van der Waals surface area contributed by atoms with Crippen LogP contribution in [0.3, 0.4) is 0 Å². The van der Waals surface area contributed by atoms with Crippen LogP contribution in [0.25, 0.3) is 0 Å². The van der Waals surface area contributed by atoms with Crippen LogP contribution >= 0.6 is 11.3 Å². The van der Waals surface area contributed by atoms with Crippen LogP contribution in [0.1, 0.15) is 28.9 Å². The summed E-state index contributed by atoms with van der Waals surface area (Å²) in [6.07, 6.45) is 3.87. The number of nitrogens with zero attached hydrogens (tertiary/aromatic N) is 2. The van der Waals surface area contributed by atoms with Gasteiger partial charge >= 0.3 is 0 Å². The largest absolute Gasteiger partial charge is 0.382 e. The van der Waals surface area contributed by atoms with Gasteiger partial charge in [0.25, 0.3) is 5.91 Å². The van der Waals surface area contributed by atoms with E-state index in [9.17, 15) is 4.79 Å². The van der Waals surface area contributed by atoms with Crippen molar-refractivity contribution in [2.24, 2.45) is 11.8 Å². The predicted octanol–water partition coefficient (Wildman–Crippen LogP) is 1.64. The van der Waals surface area contributed by atoms with Gasteiger partial charge in [-0.05, 0) is 24.7 Å². The molecule has 98 valence electrons. The molecule has 0 radical (unpaired) electrons. The van der Waals surface area contributed by atoms with Crippen LogP contribution in [0.2, 0.25) is 0 Å². The number of likely N-dealkylation sites (tertiary alicyclic amines) is 1. The van der Waals surface area contributed by atoms with Crippen molar-refractivity contribution < 1.29 is 4.79 Å². The number of thiazole rings is 1. The van der Waals surface area contributed by atoms with Crippen LogP contribution in [-0.2, 0) is 0 Å². The van der Waals surface area contributed by atoms with Crippen LogP contribution in [0.15, 0.2) is 0 Å². The molecule has 1 aliphatic carbocycles. The molecule has 0 aromatic carbocycles. The van der Waals surface area contributed by atoms with Gasteiger partial charge in [-0.1, -0.05) is 17.8 Å². The third-order valence-corrected chi connectivity index (χ3v) is 5.15. The third kappa shape index (κ3) is 1.84. The number of rotatable bonds is 2. The summed E-state index contributed by atoms with van der Waals surface area (Å²) in [6, 6.07) is 0. The maximum Gasteiger partial charge on any atom is 0.267 e. The van der Waals surface area contributed by atoms with Crippen molar-refractivity contribution in [2.45, 2.75) is 19.3 Å². The Morgan fingerprint density at radius 1 is 1.44 bits per heavy atom. The molecule has 1 aromatic heterocycles. The second-order valence-corrected chi connectivity index (χ2v) is 6.14. The van der Waals surface area contributed by atoms with Gasteiger partial charge in [0.05, 0.1) is 0 Å². The Labute approximate surface area is 110 Å². The zero-order chi connectivity index (χ0) is 12.7. The van der Waals surface area contributed by atoms with E-state index in [1.54, 1.807) is 7.05 Å². The fraction of sp³-hybridized carbons (Fsp3) is 0.667. The Hall–Kier alpha value is -1.30. The van der Waals surface area contributed by atoms with Gasteiger partial charge in [0.1, 0.15) is 10.7 Å². The monoisotopic (exact) mass is 266 g/mol. The van der Waals surface area contributed by atoms with Crippen molar-refractivity contribution in [1.29, 1.82) is 0 Å². The van der Waals surface area contributed by atoms with E-state index in [0.29, 0.717) is 27.7 Å². The molecule has 1 amide bonds. The number of anilines is 2. The highest BCUT2D eigenvalue weighted by molar-refractivity contribution is 7.18. The number of carbonyl (C=O) groups excluding carboxylic acids is 1. The van der Waals surface area contributed by atoms with Crippen LogP contribution in [0, 0.1) is 11.8 Å². The van der Waals surface area contributed by atoms with Crippen molar-refractivity contribution in [1.82, 2.24) is 9.88 Å². The number of aromatic nitrogens is 1. The molecule has 0 bridgehead atoms. The number of fused-ring (bicyclic) bond motifs is 1. The molecule has 2 fully saturated rings. The van der Waals surface area contributed by atoms with Gasteiger partial charge in [0.2, 0.25) is 0 Å². The molecule has 2 unspecified atom stereocenters. The van der Waals surface area contributed by atoms with E-state index in [1.165, 1.54) is 30.6 Å². The number of hydrogen-bond acceptors (Lipinski definition) is 5. The highest BCUT2D eigenvalue weighted by Crippen LogP contribution is 2.39. The highest BCUT2D eigenvalue weighted by atomic mass is 32.1. The Bertz CT molecular complexity index is 461. The molecule has 1 saturated heterocycles. The number of nitrogen functional groups attached to an aromatic ring is 1. The first-order chi connectivity index (χ1) is 8.69. The summed E-state index contributed by atoms with van der Waals surface area (Å²) in [4.78, 5) is 19.1. The lowest BCUT2D eigenvalue weighted by atomic mass is 10.0. The van der Waals surface area contributed by atoms with Gasteiger partial charge in [-0.3, -0.25) is 4.79 Å². The molecular formula is C12H18N4OS. The summed E-state index contributed by atoms with van der Waals surface area (Å²) >= 11 is 1.34. The molecule has 18 heavy (non-hydrogen) atoms. The fourth-order valence-corrected chi connectivity index (χ4v) is 3.94. The van der Waals surface area contributed by atoms with Gasteiger partial charge in [0, 0.05) is 20.1 Å². The lowest BCUT2D eigenvalue weighted by Crippen LogP contribution is -2.29. The average molecular weight is 266 g/mol. The third-order valence-electron chi connectivity index (χ3n) is 4.07. The summed E-state index contributed by atoms with van der Waals surface area (Å²) in [5.74, 6) is 1.84. The molecule has 3 N–H and O–H groups in total. The Morgan fingerprint density at radius 2 is 2.11 bits per heavy atom. The zero-order valence-electron chi connectivity index (χ0n) is 10.5. The SMILES string of the molecule is CNc1nc(N)c(C(=O)N2CC3CCCC3C2)s1. The summed E-state index contributed by atoms with van der Waals surface area (Å²) < 4.78 is 0. The van der Waals surface area contributed by atoms with Crippen molar-refractivity contribution in [3.05, 3.63) is 4.88 Å². The van der Waals surface area contributed by atoms with E-state index in [0.717, 1.165) is 13.1 Å². The average Bonchev–Trinajstić information content (AvgIpc) is 3.00. The van der Waals surface area contributed by atoms with Crippen molar-refractivity contribution in [2.75, 3.05) is 31.2 Å². The highest BCUT2D eigenvalue weighted by Gasteiger charge is 2.39. The topological polar surface area (TPSA) is 71.2 Å². The molecule has 1 saturated carbocycles. The van der Waals surface area contributed by atoms with Crippen molar-refractivity contribution in [3.8, 4) is 0 Å². The van der Waals surface area contributed by atoms with E-state index in [1.807, 2.05) is 4.90 Å². The molecule has 2 aliphatic rings. The molecule has 1 aromatic rings. The minimum Gasteiger partial charge on any atom is -0.382 e. The first-order valence-corrected chi connectivity index (χ1v) is 7.24. The first kappa shape index (κ1) is 11.8. The van der Waals surface area contributed by atoms with Gasteiger partial charge in [-0.2, -0.15) is 0 Å². The number of amides is 1. The van der Waals surface area contributed by atoms with E-state index in [-0.39, 0.29) is 5.91 Å². The number of hydrogen-bond donors (Lipinski definition) is 2. The quantitative estimate of drug-likeness (QED) is 0.853. The van der Waals surface area contributed by atoms with Gasteiger partial charge in [-0.15, -0.1) is 0 Å². The van der Waals surface area contributed by atoms with Gasteiger partial charge in [-0.25, -0.2) is 4.98 Å². The van der Waals surface area contributed by atoms with Crippen LogP contribution in [0.4, 0.5) is 10.9 Å². The smallest absolute Gasteiger partial charge is 0.267 e. The van der Waals surface area contributed by atoms with Crippen LogP contribution < -0.4 is 11.1 Å². The molecule has 0 spiro atoms. The normalized spacial score (nSPS) is 26.4. The summed E-state index contributed by atoms with van der Waals surface area (Å²) in [5, 5.41) is 3.63. The molecule has 6 heteroatoms. The maximum absolute atomic E-state index is 12.4. The Balaban J connectivity index is 1.76. The molecular weight excluding hydrogens is 248 g/mol. The van der Waals surface area contributed by atoms with Gasteiger partial charge in [0.15, 0.2) is 5.13 Å². The standard InChI is InChI=1S/C12H18N4OS/c1-14-12-15-10(13)9(18-12)11(17)16-5-7-3-2-4-8(7)6-16/h7-8H,2-6,13H2,1H3,(H,14,15). The molecule has 5 nitrogen and oxygen atoms in total. The zero-order valence-corrected chi connectivity index (χ0v) is 11.3. The molecule has 1 aliphatic heterocycles. The summed E-state index contributed by atoms with van der Waals surface area (Å²) in [7, 11) is 1.78. The second-order valence-electron chi connectivity index (χ2n) is 5.14. The summed E-state index contributed by atoms with van der Waals surface area (Å²) in [6.45, 7) is 1.80. The molecule has 2 atom stereocenters. The van der Waals surface area contributed by atoms with Crippen LogP contribution in [0.5, 0.6) is 0 Å². The fourth-order valence-electron chi connectivity index (χ4n) is 3.14. The molecule has 3 rings (SSSR count). The minimum absolute atomic E-state index is 0.0564. The van der Waals surface area contributed by atoms with E-state index >= 15 is 0 Å². The first-order valence-electron chi connectivity index (χ1n) is 6.42. The lowest BCUT2D eigenvalue weighted by molar-refractivity contribution is 0.0786. The molecule has 2 heterocycles. The van der Waals surface area contributed by atoms with Gasteiger partial charge < -0.3 is 16.0 Å².